The van der Waals surface area contributed by atoms with Crippen LogP contribution in [0, 0.1) is 0 Å². The van der Waals surface area contributed by atoms with Gasteiger partial charge < -0.3 is 10.4 Å². The zero-order chi connectivity index (χ0) is 15.9. The first-order valence-electron chi connectivity index (χ1n) is 7.30. The quantitative estimate of drug-likeness (QED) is 0.860. The second kappa shape index (κ2) is 7.97. The third-order valence-electron chi connectivity index (χ3n) is 3.53. The molecule has 0 fully saturated rings. The minimum Gasteiger partial charge on any atom is -0.391 e. The molecule has 0 saturated carbocycles. The third kappa shape index (κ3) is 5.17. The highest BCUT2D eigenvalue weighted by atomic mass is 35.5. The zero-order valence-corrected chi connectivity index (χ0v) is 13.3. The Kier molecular flexibility index (Phi) is 5.99. The Labute approximate surface area is 135 Å². The van der Waals surface area contributed by atoms with E-state index in [9.17, 15) is 9.90 Å². The maximum atomic E-state index is 12.0. The first kappa shape index (κ1) is 16.5. The van der Waals surface area contributed by atoms with E-state index in [0.717, 1.165) is 11.1 Å². The number of carbonyl (C=O) groups excluding carboxylic acids is 1. The van der Waals surface area contributed by atoms with Gasteiger partial charge in [0.05, 0.1) is 18.6 Å². The molecule has 2 atom stereocenters. The Morgan fingerprint density at radius 2 is 1.73 bits per heavy atom. The Balaban J connectivity index is 1.83. The van der Waals surface area contributed by atoms with E-state index in [2.05, 4.69) is 5.32 Å². The number of aliphatic hydroxyl groups is 1. The monoisotopic (exact) mass is 317 g/mol. The van der Waals surface area contributed by atoms with Gasteiger partial charge in [0.1, 0.15) is 0 Å². The summed E-state index contributed by atoms with van der Waals surface area (Å²) in [6.07, 6.45) is 0.180. The summed E-state index contributed by atoms with van der Waals surface area (Å²) < 4.78 is 0. The molecule has 2 rings (SSSR count). The number of carbonyl (C=O) groups is 1. The molecule has 1 amide bonds. The third-order valence-corrected chi connectivity index (χ3v) is 3.78. The van der Waals surface area contributed by atoms with Gasteiger partial charge in [0.25, 0.3) is 0 Å². The van der Waals surface area contributed by atoms with Gasteiger partial charge in [-0.3, -0.25) is 4.79 Å². The lowest BCUT2D eigenvalue weighted by Gasteiger charge is -2.20. The number of hydrogen-bond donors (Lipinski definition) is 2. The van der Waals surface area contributed by atoms with E-state index in [1.807, 2.05) is 49.4 Å². The number of nitrogens with one attached hydrogen (secondary N) is 1. The highest BCUT2D eigenvalue weighted by molar-refractivity contribution is 6.30. The van der Waals surface area contributed by atoms with Gasteiger partial charge >= 0.3 is 0 Å². The number of benzene rings is 2. The smallest absolute Gasteiger partial charge is 0.224 e. The molecular formula is C18H20ClNO2. The molecule has 4 heteroatoms. The van der Waals surface area contributed by atoms with Crippen LogP contribution in [0.4, 0.5) is 0 Å². The minimum atomic E-state index is -0.614. The van der Waals surface area contributed by atoms with E-state index in [-0.39, 0.29) is 18.4 Å². The largest absolute Gasteiger partial charge is 0.391 e. The number of hydrogen-bond acceptors (Lipinski definition) is 2. The summed E-state index contributed by atoms with van der Waals surface area (Å²) in [5.74, 6) is -0.109. The second-order valence-corrected chi connectivity index (χ2v) is 5.85. The van der Waals surface area contributed by atoms with Crippen LogP contribution < -0.4 is 5.32 Å². The van der Waals surface area contributed by atoms with Crippen LogP contribution in [0.25, 0.3) is 0 Å². The highest BCUT2D eigenvalue weighted by Gasteiger charge is 2.17. The zero-order valence-electron chi connectivity index (χ0n) is 12.5. The van der Waals surface area contributed by atoms with Gasteiger partial charge in [-0.25, -0.2) is 0 Å². The fourth-order valence-electron chi connectivity index (χ4n) is 2.22. The van der Waals surface area contributed by atoms with Gasteiger partial charge in [-0.2, -0.15) is 0 Å². The van der Waals surface area contributed by atoms with Crippen molar-refractivity contribution < 1.29 is 9.90 Å². The summed E-state index contributed by atoms with van der Waals surface area (Å²) >= 11 is 5.82. The van der Waals surface area contributed by atoms with Crippen LogP contribution in [0.15, 0.2) is 54.6 Å². The van der Waals surface area contributed by atoms with Crippen molar-refractivity contribution >= 4 is 17.5 Å². The molecule has 2 aromatic carbocycles. The Morgan fingerprint density at radius 1 is 1.09 bits per heavy atom. The summed E-state index contributed by atoms with van der Waals surface area (Å²) in [6.45, 7) is 1.81. The molecule has 0 aromatic heterocycles. The molecule has 3 nitrogen and oxygen atoms in total. The van der Waals surface area contributed by atoms with Gasteiger partial charge in [0, 0.05) is 11.4 Å². The molecule has 0 bridgehead atoms. The summed E-state index contributed by atoms with van der Waals surface area (Å²) in [4.78, 5) is 12.0. The van der Waals surface area contributed by atoms with Crippen LogP contribution >= 0.6 is 11.6 Å². The standard InChI is InChI=1S/C18H20ClNO2/c1-13(17(21)11-14-5-3-2-4-6-14)20-18(22)12-15-7-9-16(19)10-8-15/h2-10,13,17,21H,11-12H2,1H3,(H,20,22). The molecule has 0 aliphatic carbocycles. The molecule has 0 aliphatic heterocycles. The van der Waals surface area contributed by atoms with Crippen molar-refractivity contribution in [2.45, 2.75) is 31.9 Å². The Hall–Kier alpha value is -1.84. The molecule has 0 heterocycles. The normalized spacial score (nSPS) is 13.4. The van der Waals surface area contributed by atoms with Crippen LogP contribution in [-0.2, 0) is 17.6 Å². The number of rotatable bonds is 6. The fraction of sp³-hybridized carbons (Fsp3) is 0.278. The minimum absolute atomic E-state index is 0.109. The average molecular weight is 318 g/mol. The van der Waals surface area contributed by atoms with Crippen LogP contribution in [0.2, 0.25) is 5.02 Å². The molecular weight excluding hydrogens is 298 g/mol. The molecule has 0 radical (unpaired) electrons. The Morgan fingerprint density at radius 3 is 2.36 bits per heavy atom. The highest BCUT2D eigenvalue weighted by Crippen LogP contribution is 2.10. The predicted octanol–water partition coefficient (Wildman–Crippen LogP) is 2.99. The molecule has 2 aromatic rings. The maximum absolute atomic E-state index is 12.0. The van der Waals surface area contributed by atoms with Crippen molar-refractivity contribution in [3.63, 3.8) is 0 Å². The van der Waals surface area contributed by atoms with Crippen molar-refractivity contribution in [2.24, 2.45) is 0 Å². The predicted molar refractivity (Wildman–Crippen MR) is 88.9 cm³/mol. The van der Waals surface area contributed by atoms with Crippen LogP contribution in [0.5, 0.6) is 0 Å². The number of aliphatic hydroxyl groups excluding tert-OH is 1. The molecule has 116 valence electrons. The maximum Gasteiger partial charge on any atom is 0.224 e. The van der Waals surface area contributed by atoms with Crippen molar-refractivity contribution in [1.82, 2.24) is 5.32 Å². The van der Waals surface area contributed by atoms with Gasteiger partial charge in [0.2, 0.25) is 5.91 Å². The van der Waals surface area contributed by atoms with E-state index < -0.39 is 6.10 Å². The summed E-state index contributed by atoms with van der Waals surface area (Å²) in [6, 6.07) is 16.6. The molecule has 22 heavy (non-hydrogen) atoms. The first-order chi connectivity index (χ1) is 10.5. The number of halogens is 1. The topological polar surface area (TPSA) is 49.3 Å². The van der Waals surface area contributed by atoms with Gasteiger partial charge in [0.15, 0.2) is 0 Å². The van der Waals surface area contributed by atoms with Gasteiger partial charge in [-0.1, -0.05) is 54.1 Å². The Bertz CT molecular complexity index is 598. The van der Waals surface area contributed by atoms with Crippen molar-refractivity contribution in [1.29, 1.82) is 0 Å². The number of amides is 1. The molecule has 0 spiro atoms. The van der Waals surface area contributed by atoms with Crippen molar-refractivity contribution in [3.8, 4) is 0 Å². The van der Waals surface area contributed by atoms with Gasteiger partial charge in [-0.15, -0.1) is 0 Å². The van der Waals surface area contributed by atoms with E-state index in [4.69, 9.17) is 11.6 Å². The van der Waals surface area contributed by atoms with Crippen molar-refractivity contribution in [2.75, 3.05) is 0 Å². The lowest BCUT2D eigenvalue weighted by molar-refractivity contribution is -0.121. The average Bonchev–Trinajstić information content (AvgIpc) is 2.50. The SMILES string of the molecule is CC(NC(=O)Cc1ccc(Cl)cc1)C(O)Cc1ccccc1. The molecule has 2 unspecified atom stereocenters. The second-order valence-electron chi connectivity index (χ2n) is 5.42. The van der Waals surface area contributed by atoms with Crippen LogP contribution in [0.3, 0.4) is 0 Å². The molecule has 2 N–H and O–H groups in total. The van der Waals surface area contributed by atoms with Crippen molar-refractivity contribution in [3.05, 3.63) is 70.7 Å². The van der Waals surface area contributed by atoms with E-state index >= 15 is 0 Å². The van der Waals surface area contributed by atoms with Crippen LogP contribution in [-0.4, -0.2) is 23.2 Å². The summed E-state index contributed by atoms with van der Waals surface area (Å²) in [7, 11) is 0. The first-order valence-corrected chi connectivity index (χ1v) is 7.68. The summed E-state index contributed by atoms with van der Waals surface area (Å²) in [5, 5.41) is 13.7. The van der Waals surface area contributed by atoms with E-state index in [1.54, 1.807) is 12.1 Å². The van der Waals surface area contributed by atoms with E-state index in [0.29, 0.717) is 11.4 Å². The fourth-order valence-corrected chi connectivity index (χ4v) is 2.35. The lowest BCUT2D eigenvalue weighted by atomic mass is 10.0. The van der Waals surface area contributed by atoms with Gasteiger partial charge in [-0.05, 0) is 30.2 Å². The molecule has 0 saturated heterocycles. The molecule has 0 aliphatic rings. The lowest BCUT2D eigenvalue weighted by Crippen LogP contribution is -2.42. The van der Waals surface area contributed by atoms with Crippen LogP contribution in [0.1, 0.15) is 18.1 Å². The van der Waals surface area contributed by atoms with E-state index in [1.165, 1.54) is 0 Å². The summed E-state index contributed by atoms with van der Waals surface area (Å²) in [5.41, 5.74) is 1.94.